The predicted molar refractivity (Wildman–Crippen MR) is 70.8 cm³/mol. The van der Waals surface area contributed by atoms with Crippen LogP contribution >= 0.6 is 27.5 Å². The first kappa shape index (κ1) is 13.9. The summed E-state index contributed by atoms with van der Waals surface area (Å²) < 4.78 is 13.6. The van der Waals surface area contributed by atoms with E-state index < -0.39 is 0 Å². The van der Waals surface area contributed by atoms with Gasteiger partial charge >= 0.3 is 0 Å². The van der Waals surface area contributed by atoms with E-state index in [-0.39, 0.29) is 11.4 Å². The Morgan fingerprint density at radius 2 is 2.06 bits per heavy atom. The highest BCUT2D eigenvalue weighted by Gasteiger charge is 2.22. The van der Waals surface area contributed by atoms with Gasteiger partial charge in [0.05, 0.1) is 0 Å². The van der Waals surface area contributed by atoms with Crippen LogP contribution in [0.25, 0.3) is 0 Å². The second-order valence-corrected chi connectivity index (χ2v) is 5.54. The van der Waals surface area contributed by atoms with Gasteiger partial charge in [0.25, 0.3) is 0 Å². The van der Waals surface area contributed by atoms with E-state index >= 15 is 0 Å². The lowest BCUT2D eigenvalue weighted by atomic mass is 10.1. The second kappa shape index (κ2) is 5.48. The molecule has 0 aliphatic carbocycles. The van der Waals surface area contributed by atoms with Crippen molar-refractivity contribution in [3.8, 4) is 0 Å². The second-order valence-electron chi connectivity index (χ2n) is 4.54. The van der Waals surface area contributed by atoms with E-state index in [1.54, 1.807) is 12.1 Å². The molecule has 1 rings (SSSR count). The van der Waals surface area contributed by atoms with Crippen LogP contribution in [0.1, 0.15) is 19.4 Å². The maximum Gasteiger partial charge on any atom is 0.129 e. The van der Waals surface area contributed by atoms with Crippen LogP contribution < -0.4 is 0 Å². The van der Waals surface area contributed by atoms with E-state index in [4.69, 9.17) is 11.6 Å². The van der Waals surface area contributed by atoms with Crippen LogP contribution in [0.2, 0.25) is 5.02 Å². The molecule has 0 heterocycles. The van der Waals surface area contributed by atoms with Crippen molar-refractivity contribution in [2.75, 3.05) is 12.4 Å². The Bertz CT molecular complexity index is 368. The molecule has 90 valence electrons. The lowest BCUT2D eigenvalue weighted by molar-refractivity contribution is 0.171. The highest BCUT2D eigenvalue weighted by Crippen LogP contribution is 2.21. The molecule has 0 N–H and O–H groups in total. The standard InChI is InChI=1S/C12H16BrClFN/c1-12(2,8-13)16(3)7-9-4-5-10(14)6-11(9)15/h4-6H,7-8H2,1-3H3. The zero-order valence-electron chi connectivity index (χ0n) is 9.73. The third-order valence-electron chi connectivity index (χ3n) is 2.78. The number of nitrogens with zero attached hydrogens (tertiary/aromatic N) is 1. The van der Waals surface area contributed by atoms with Crippen LogP contribution in [0.5, 0.6) is 0 Å². The summed E-state index contributed by atoms with van der Waals surface area (Å²) >= 11 is 9.17. The molecule has 0 aliphatic heterocycles. The molecule has 0 aliphatic rings. The molecule has 1 aromatic carbocycles. The number of hydrogen-bond acceptors (Lipinski definition) is 1. The topological polar surface area (TPSA) is 3.24 Å². The van der Waals surface area contributed by atoms with E-state index in [0.717, 1.165) is 5.33 Å². The number of benzene rings is 1. The van der Waals surface area contributed by atoms with Crippen molar-refractivity contribution >= 4 is 27.5 Å². The number of halogens is 3. The van der Waals surface area contributed by atoms with Gasteiger partial charge in [-0.25, -0.2) is 4.39 Å². The Labute approximate surface area is 110 Å². The molecule has 0 amide bonds. The highest BCUT2D eigenvalue weighted by molar-refractivity contribution is 9.09. The van der Waals surface area contributed by atoms with Gasteiger partial charge in [-0.3, -0.25) is 4.90 Å². The number of alkyl halides is 1. The maximum absolute atomic E-state index is 13.6. The average molecular weight is 309 g/mol. The van der Waals surface area contributed by atoms with E-state index in [1.165, 1.54) is 6.07 Å². The first-order chi connectivity index (χ1) is 7.36. The summed E-state index contributed by atoms with van der Waals surface area (Å²) in [5.74, 6) is -0.246. The fourth-order valence-electron chi connectivity index (χ4n) is 1.22. The third kappa shape index (κ3) is 3.44. The summed E-state index contributed by atoms with van der Waals surface area (Å²) in [7, 11) is 1.98. The largest absolute Gasteiger partial charge is 0.296 e. The summed E-state index contributed by atoms with van der Waals surface area (Å²) in [6.45, 7) is 4.78. The van der Waals surface area contributed by atoms with Crippen LogP contribution in [0.4, 0.5) is 4.39 Å². The minimum atomic E-state index is -0.246. The average Bonchev–Trinajstić information content (AvgIpc) is 2.22. The fraction of sp³-hybridized carbons (Fsp3) is 0.500. The molecule has 0 bridgehead atoms. The zero-order valence-corrected chi connectivity index (χ0v) is 12.1. The molecule has 1 nitrogen and oxygen atoms in total. The van der Waals surface area contributed by atoms with Gasteiger partial charge < -0.3 is 0 Å². The molecule has 16 heavy (non-hydrogen) atoms. The molecule has 0 fully saturated rings. The fourth-order valence-corrected chi connectivity index (χ4v) is 1.81. The summed E-state index contributed by atoms with van der Waals surface area (Å²) in [4.78, 5) is 2.11. The molecule has 4 heteroatoms. The molecule has 0 atom stereocenters. The first-order valence-corrected chi connectivity index (χ1v) is 6.58. The lowest BCUT2D eigenvalue weighted by Crippen LogP contribution is -2.42. The van der Waals surface area contributed by atoms with Crippen molar-refractivity contribution in [3.63, 3.8) is 0 Å². The van der Waals surface area contributed by atoms with Crippen molar-refractivity contribution in [1.29, 1.82) is 0 Å². The first-order valence-electron chi connectivity index (χ1n) is 5.08. The van der Waals surface area contributed by atoms with Crippen LogP contribution in [-0.2, 0) is 6.54 Å². The van der Waals surface area contributed by atoms with E-state index in [0.29, 0.717) is 17.1 Å². The van der Waals surface area contributed by atoms with Crippen LogP contribution in [0, 0.1) is 5.82 Å². The molecule has 1 aromatic rings. The van der Waals surface area contributed by atoms with Crippen molar-refractivity contribution in [3.05, 3.63) is 34.6 Å². The van der Waals surface area contributed by atoms with Gasteiger partial charge in [0.1, 0.15) is 5.82 Å². The van der Waals surface area contributed by atoms with E-state index in [9.17, 15) is 4.39 Å². The Kier molecular flexibility index (Phi) is 4.77. The predicted octanol–water partition coefficient (Wildman–Crippen LogP) is 4.08. The number of rotatable bonds is 4. The normalized spacial score (nSPS) is 12.2. The Hall–Kier alpha value is -0.120. The molecule has 0 aromatic heterocycles. The molecular formula is C12H16BrClFN. The van der Waals surface area contributed by atoms with E-state index in [2.05, 4.69) is 34.7 Å². The van der Waals surface area contributed by atoms with Crippen molar-refractivity contribution in [2.45, 2.75) is 25.9 Å². The third-order valence-corrected chi connectivity index (χ3v) is 4.39. The van der Waals surface area contributed by atoms with E-state index in [1.807, 2.05) is 7.05 Å². The van der Waals surface area contributed by atoms with Crippen molar-refractivity contribution in [2.24, 2.45) is 0 Å². The minimum Gasteiger partial charge on any atom is -0.296 e. The van der Waals surface area contributed by atoms with Gasteiger partial charge in [0, 0.05) is 28.0 Å². The zero-order chi connectivity index (χ0) is 12.3. The smallest absolute Gasteiger partial charge is 0.129 e. The maximum atomic E-state index is 13.6. The monoisotopic (exact) mass is 307 g/mol. The molecule has 0 radical (unpaired) electrons. The SMILES string of the molecule is CN(Cc1ccc(Cl)cc1F)C(C)(C)CBr. The molecule has 0 unspecified atom stereocenters. The van der Waals surface area contributed by atoms with Gasteiger partial charge in [-0.05, 0) is 33.0 Å². The van der Waals surface area contributed by atoms with Crippen LogP contribution in [-0.4, -0.2) is 22.8 Å². The number of hydrogen-bond donors (Lipinski definition) is 0. The highest BCUT2D eigenvalue weighted by atomic mass is 79.9. The van der Waals surface area contributed by atoms with Gasteiger partial charge in [-0.15, -0.1) is 0 Å². The lowest BCUT2D eigenvalue weighted by Gasteiger charge is -2.34. The molecule has 0 saturated carbocycles. The van der Waals surface area contributed by atoms with Crippen molar-refractivity contribution in [1.82, 2.24) is 4.90 Å². The Morgan fingerprint density at radius 1 is 1.44 bits per heavy atom. The summed E-state index contributed by atoms with van der Waals surface area (Å²) in [5, 5.41) is 1.27. The van der Waals surface area contributed by atoms with Gasteiger partial charge in [0.15, 0.2) is 0 Å². The van der Waals surface area contributed by atoms with Gasteiger partial charge in [-0.2, -0.15) is 0 Å². The quantitative estimate of drug-likeness (QED) is 0.758. The summed E-state index contributed by atoms with van der Waals surface area (Å²) in [6, 6.07) is 4.80. The van der Waals surface area contributed by atoms with Crippen LogP contribution in [0.3, 0.4) is 0 Å². The molecular weight excluding hydrogens is 292 g/mol. The minimum absolute atomic E-state index is 0.00786. The van der Waals surface area contributed by atoms with Gasteiger partial charge in [0.2, 0.25) is 0 Å². The van der Waals surface area contributed by atoms with Crippen LogP contribution in [0.15, 0.2) is 18.2 Å². The Balaban J connectivity index is 2.81. The Morgan fingerprint density at radius 3 is 2.56 bits per heavy atom. The van der Waals surface area contributed by atoms with Gasteiger partial charge in [-0.1, -0.05) is 33.6 Å². The summed E-state index contributed by atoms with van der Waals surface area (Å²) in [6.07, 6.45) is 0. The van der Waals surface area contributed by atoms with Crippen molar-refractivity contribution < 1.29 is 4.39 Å². The molecule has 0 spiro atoms. The summed E-state index contributed by atoms with van der Waals surface area (Å²) in [5.41, 5.74) is 0.660. The molecule has 0 saturated heterocycles.